The third-order valence-corrected chi connectivity index (χ3v) is 5.17. The summed E-state index contributed by atoms with van der Waals surface area (Å²) < 4.78 is 1.52. The average Bonchev–Trinajstić information content (AvgIpc) is 2.82. The first-order valence-electron chi connectivity index (χ1n) is 10.8. The molecule has 1 aliphatic heterocycles. The summed E-state index contributed by atoms with van der Waals surface area (Å²) in [5.41, 5.74) is 3.12. The number of pyridine rings is 1. The molecule has 2 aromatic heterocycles. The van der Waals surface area contributed by atoms with Crippen molar-refractivity contribution in [2.75, 3.05) is 23.3 Å². The van der Waals surface area contributed by atoms with Crippen LogP contribution < -0.4 is 21.1 Å². The molecular weight excluding hydrogens is 404 g/mol. The average molecular weight is 435 g/mol. The largest absolute Gasteiger partial charge is 0.356 e. The standard InChI is InChI=1S/C15H19N5O.C9H11NO/c1-19-11-12(5-6-14(19)21)17-15-16-8-7-13(18-15)20-9-3-2-4-10-20;1-8-2-4-9(5-3-8)6-10-7-11/h5-8,11H,2-4,9-10H2,1H3,(H,16,17,18);2-5,7H,6H2,1H3,(H,10,11). The zero-order valence-corrected chi connectivity index (χ0v) is 18.6. The molecule has 0 saturated carbocycles. The highest BCUT2D eigenvalue weighted by Gasteiger charge is 2.12. The van der Waals surface area contributed by atoms with Gasteiger partial charge in [-0.25, -0.2) is 4.98 Å². The molecule has 4 rings (SSSR count). The minimum atomic E-state index is -0.0384. The van der Waals surface area contributed by atoms with Crippen LogP contribution in [0, 0.1) is 6.92 Å². The Balaban J connectivity index is 0.000000222. The fraction of sp³-hybridized carbons (Fsp3) is 0.333. The highest BCUT2D eigenvalue weighted by Crippen LogP contribution is 2.19. The van der Waals surface area contributed by atoms with E-state index in [1.54, 1.807) is 25.5 Å². The summed E-state index contributed by atoms with van der Waals surface area (Å²) >= 11 is 0. The van der Waals surface area contributed by atoms with Gasteiger partial charge < -0.3 is 20.1 Å². The fourth-order valence-corrected chi connectivity index (χ4v) is 3.37. The van der Waals surface area contributed by atoms with Crippen molar-refractivity contribution >= 4 is 23.9 Å². The number of carbonyl (C=O) groups is 1. The second kappa shape index (κ2) is 11.6. The molecular formula is C24H30N6O2. The number of hydrogen-bond acceptors (Lipinski definition) is 6. The van der Waals surface area contributed by atoms with E-state index in [9.17, 15) is 9.59 Å². The maximum atomic E-state index is 11.4. The summed E-state index contributed by atoms with van der Waals surface area (Å²) in [6.45, 7) is 4.76. The Morgan fingerprint density at radius 3 is 2.47 bits per heavy atom. The lowest BCUT2D eigenvalue weighted by Gasteiger charge is -2.27. The molecule has 0 unspecified atom stereocenters. The maximum absolute atomic E-state index is 11.4. The first kappa shape index (κ1) is 23.0. The number of anilines is 3. The minimum Gasteiger partial charge on any atom is -0.356 e. The van der Waals surface area contributed by atoms with Crippen LogP contribution in [0.4, 0.5) is 17.5 Å². The van der Waals surface area contributed by atoms with Crippen LogP contribution in [0.2, 0.25) is 0 Å². The molecule has 1 saturated heterocycles. The Labute approximate surface area is 188 Å². The van der Waals surface area contributed by atoms with Crippen LogP contribution in [0.3, 0.4) is 0 Å². The summed E-state index contributed by atoms with van der Waals surface area (Å²) in [4.78, 5) is 32.4. The van der Waals surface area contributed by atoms with E-state index < -0.39 is 0 Å². The lowest BCUT2D eigenvalue weighted by atomic mass is 10.1. The third kappa shape index (κ3) is 6.94. The second-order valence-electron chi connectivity index (χ2n) is 7.76. The number of rotatable bonds is 6. The maximum Gasteiger partial charge on any atom is 0.250 e. The van der Waals surface area contributed by atoms with Gasteiger partial charge in [0.2, 0.25) is 17.9 Å². The summed E-state index contributed by atoms with van der Waals surface area (Å²) in [7, 11) is 1.72. The summed E-state index contributed by atoms with van der Waals surface area (Å²) in [5, 5.41) is 5.75. The van der Waals surface area contributed by atoms with Crippen molar-refractivity contribution in [1.82, 2.24) is 19.9 Å². The van der Waals surface area contributed by atoms with Gasteiger partial charge in [0.15, 0.2) is 0 Å². The van der Waals surface area contributed by atoms with Gasteiger partial charge in [0.1, 0.15) is 5.82 Å². The molecule has 1 aromatic carbocycles. The molecule has 1 aliphatic rings. The number of piperidine rings is 1. The second-order valence-corrected chi connectivity index (χ2v) is 7.76. The number of aryl methyl sites for hydroxylation is 2. The van der Waals surface area contributed by atoms with E-state index >= 15 is 0 Å². The number of amides is 1. The highest BCUT2D eigenvalue weighted by atomic mass is 16.1. The number of nitrogens with zero attached hydrogens (tertiary/aromatic N) is 4. The molecule has 0 atom stereocenters. The van der Waals surface area contributed by atoms with Crippen LogP contribution in [-0.2, 0) is 18.4 Å². The van der Waals surface area contributed by atoms with Crippen LogP contribution in [0.5, 0.6) is 0 Å². The Bertz CT molecular complexity index is 1060. The molecule has 1 amide bonds. The summed E-state index contributed by atoms with van der Waals surface area (Å²) in [5.74, 6) is 1.51. The Morgan fingerprint density at radius 1 is 1.03 bits per heavy atom. The molecule has 2 N–H and O–H groups in total. The van der Waals surface area contributed by atoms with Gasteiger partial charge in [-0.15, -0.1) is 0 Å². The number of nitrogens with one attached hydrogen (secondary N) is 2. The molecule has 0 radical (unpaired) electrons. The van der Waals surface area contributed by atoms with Crippen LogP contribution in [0.15, 0.2) is 59.7 Å². The lowest BCUT2D eigenvalue weighted by molar-refractivity contribution is -0.109. The SMILES string of the molecule is Cc1ccc(CNC=O)cc1.Cn1cc(Nc2nccc(N3CCCCC3)n2)ccc1=O. The molecule has 8 heteroatoms. The van der Waals surface area contributed by atoms with E-state index in [1.165, 1.54) is 35.5 Å². The first-order chi connectivity index (χ1) is 15.5. The van der Waals surface area contributed by atoms with Gasteiger partial charge in [0, 0.05) is 45.1 Å². The molecule has 0 bridgehead atoms. The Morgan fingerprint density at radius 2 is 1.78 bits per heavy atom. The predicted octanol–water partition coefficient (Wildman–Crippen LogP) is 3.15. The van der Waals surface area contributed by atoms with E-state index in [0.29, 0.717) is 18.9 Å². The van der Waals surface area contributed by atoms with Crippen molar-refractivity contribution in [3.05, 3.63) is 76.3 Å². The van der Waals surface area contributed by atoms with Gasteiger partial charge >= 0.3 is 0 Å². The third-order valence-electron chi connectivity index (χ3n) is 5.17. The van der Waals surface area contributed by atoms with Gasteiger partial charge in [0.25, 0.3) is 0 Å². The number of benzene rings is 1. The van der Waals surface area contributed by atoms with Crippen LogP contribution in [-0.4, -0.2) is 34.0 Å². The number of aromatic nitrogens is 3. The number of hydrogen-bond donors (Lipinski definition) is 2. The zero-order chi connectivity index (χ0) is 22.8. The van der Waals surface area contributed by atoms with E-state index in [1.807, 2.05) is 37.3 Å². The zero-order valence-electron chi connectivity index (χ0n) is 18.6. The summed E-state index contributed by atoms with van der Waals surface area (Å²) in [6.07, 6.45) is 7.94. The van der Waals surface area contributed by atoms with E-state index in [-0.39, 0.29) is 5.56 Å². The monoisotopic (exact) mass is 434 g/mol. The molecule has 0 aliphatic carbocycles. The molecule has 3 heterocycles. The van der Waals surface area contributed by atoms with Crippen LogP contribution in [0.25, 0.3) is 0 Å². The van der Waals surface area contributed by atoms with Crippen LogP contribution in [0.1, 0.15) is 30.4 Å². The summed E-state index contributed by atoms with van der Waals surface area (Å²) in [6, 6.07) is 13.3. The molecule has 0 spiro atoms. The van der Waals surface area contributed by atoms with Crippen molar-refractivity contribution in [1.29, 1.82) is 0 Å². The highest BCUT2D eigenvalue weighted by molar-refractivity contribution is 5.53. The topological polar surface area (TPSA) is 92.2 Å². The van der Waals surface area contributed by atoms with Crippen LogP contribution >= 0.6 is 0 Å². The van der Waals surface area contributed by atoms with E-state index in [2.05, 4.69) is 25.5 Å². The van der Waals surface area contributed by atoms with Gasteiger partial charge in [0.05, 0.1) is 5.69 Å². The quantitative estimate of drug-likeness (QED) is 0.579. The minimum absolute atomic E-state index is 0.0384. The van der Waals surface area contributed by atoms with Gasteiger partial charge in [-0.05, 0) is 43.9 Å². The van der Waals surface area contributed by atoms with Crippen molar-refractivity contribution in [2.24, 2.45) is 7.05 Å². The predicted molar refractivity (Wildman–Crippen MR) is 127 cm³/mol. The smallest absolute Gasteiger partial charge is 0.250 e. The van der Waals surface area contributed by atoms with Crippen molar-refractivity contribution in [2.45, 2.75) is 32.7 Å². The molecule has 3 aromatic rings. The first-order valence-corrected chi connectivity index (χ1v) is 10.8. The van der Waals surface area contributed by atoms with Gasteiger partial charge in [-0.2, -0.15) is 4.98 Å². The van der Waals surface area contributed by atoms with Gasteiger partial charge in [-0.1, -0.05) is 29.8 Å². The number of carbonyl (C=O) groups excluding carboxylic acids is 1. The molecule has 1 fully saturated rings. The molecule has 8 nitrogen and oxygen atoms in total. The fourth-order valence-electron chi connectivity index (χ4n) is 3.37. The van der Waals surface area contributed by atoms with E-state index in [4.69, 9.17) is 0 Å². The normalized spacial score (nSPS) is 13.0. The Hall–Kier alpha value is -3.68. The van der Waals surface area contributed by atoms with Crippen molar-refractivity contribution in [3.8, 4) is 0 Å². The van der Waals surface area contributed by atoms with Gasteiger partial charge in [-0.3, -0.25) is 9.59 Å². The van der Waals surface area contributed by atoms with Crippen molar-refractivity contribution < 1.29 is 4.79 Å². The molecule has 168 valence electrons. The Kier molecular flexibility index (Phi) is 8.36. The van der Waals surface area contributed by atoms with E-state index in [0.717, 1.165) is 30.2 Å². The molecule has 32 heavy (non-hydrogen) atoms. The lowest BCUT2D eigenvalue weighted by Crippen LogP contribution is -2.30. The van der Waals surface area contributed by atoms with Crippen molar-refractivity contribution in [3.63, 3.8) is 0 Å².